The SMILES string of the molecule is CCCC(C)NC(=O)C(c1cc(C)ccc1C)N(C(=O)C(CCSC)NC(=O)OC(C)(C)C)C(C)CC. The number of alkyl carbamates (subject to hydrolysis) is 1. The number of nitrogens with one attached hydrogen (secondary N) is 2. The van der Waals surface area contributed by atoms with Gasteiger partial charge in [-0.1, -0.05) is 44.0 Å². The molecule has 0 aliphatic rings. The van der Waals surface area contributed by atoms with Crippen molar-refractivity contribution in [2.45, 2.75) is 118 Å². The summed E-state index contributed by atoms with van der Waals surface area (Å²) in [6.45, 7) is 17.3. The molecule has 0 fully saturated rings. The van der Waals surface area contributed by atoms with Crippen molar-refractivity contribution in [1.82, 2.24) is 15.5 Å². The molecule has 4 atom stereocenters. The third-order valence-electron chi connectivity index (χ3n) is 6.29. The zero-order valence-corrected chi connectivity index (χ0v) is 25.4. The standard InChI is InChI=1S/C29H49N3O4S/c1-11-13-21(5)30-26(33)25(23-18-19(3)14-15-20(23)4)32(22(6)12-2)27(34)24(16-17-37-10)31-28(35)36-29(7,8)9/h14-15,18,21-22,24-25H,11-13,16-17H2,1-10H3,(H,30,33)(H,31,35). The minimum atomic E-state index is -0.820. The minimum absolute atomic E-state index is 0.0221. The van der Waals surface area contributed by atoms with E-state index in [0.29, 0.717) is 18.6 Å². The average Bonchev–Trinajstić information content (AvgIpc) is 2.79. The van der Waals surface area contributed by atoms with Crippen LogP contribution < -0.4 is 10.6 Å². The molecule has 0 aromatic heterocycles. The molecule has 2 N–H and O–H groups in total. The van der Waals surface area contributed by atoms with Crippen LogP contribution in [-0.2, 0) is 14.3 Å². The van der Waals surface area contributed by atoms with Crippen LogP contribution >= 0.6 is 11.8 Å². The van der Waals surface area contributed by atoms with Crippen LogP contribution in [0.2, 0.25) is 0 Å². The summed E-state index contributed by atoms with van der Waals surface area (Å²) in [5, 5.41) is 5.95. The fourth-order valence-corrected chi connectivity index (χ4v) is 4.69. The molecule has 0 radical (unpaired) electrons. The van der Waals surface area contributed by atoms with Crippen molar-refractivity contribution >= 4 is 29.7 Å². The zero-order valence-electron chi connectivity index (χ0n) is 24.6. The minimum Gasteiger partial charge on any atom is -0.444 e. The Kier molecular flexibility index (Phi) is 13.5. The smallest absolute Gasteiger partial charge is 0.408 e. The van der Waals surface area contributed by atoms with Gasteiger partial charge in [0.1, 0.15) is 17.7 Å². The van der Waals surface area contributed by atoms with Crippen molar-refractivity contribution < 1.29 is 19.1 Å². The molecule has 0 heterocycles. The van der Waals surface area contributed by atoms with Crippen LogP contribution in [0.15, 0.2) is 18.2 Å². The lowest BCUT2D eigenvalue weighted by atomic mass is 9.94. The van der Waals surface area contributed by atoms with E-state index >= 15 is 0 Å². The number of ether oxygens (including phenoxy) is 1. The summed E-state index contributed by atoms with van der Waals surface area (Å²) in [4.78, 5) is 42.5. The first-order valence-electron chi connectivity index (χ1n) is 13.4. The van der Waals surface area contributed by atoms with Gasteiger partial charge in [-0.25, -0.2) is 4.79 Å². The van der Waals surface area contributed by atoms with Crippen LogP contribution in [0.5, 0.6) is 0 Å². The third kappa shape index (κ3) is 10.6. The van der Waals surface area contributed by atoms with Crippen molar-refractivity contribution in [3.05, 3.63) is 34.9 Å². The van der Waals surface area contributed by atoms with Gasteiger partial charge in [-0.15, -0.1) is 0 Å². The largest absolute Gasteiger partial charge is 0.444 e. The van der Waals surface area contributed by atoms with Gasteiger partial charge in [0, 0.05) is 12.1 Å². The quantitative estimate of drug-likeness (QED) is 0.327. The van der Waals surface area contributed by atoms with Crippen molar-refractivity contribution in [3.63, 3.8) is 0 Å². The van der Waals surface area contributed by atoms with E-state index in [9.17, 15) is 14.4 Å². The molecule has 0 bridgehead atoms. The number of aryl methyl sites for hydroxylation is 2. The second kappa shape index (κ2) is 15.3. The van der Waals surface area contributed by atoms with E-state index in [0.717, 1.165) is 29.5 Å². The number of nitrogens with zero attached hydrogens (tertiary/aromatic N) is 1. The molecule has 7 nitrogen and oxygen atoms in total. The van der Waals surface area contributed by atoms with Gasteiger partial charge in [0.05, 0.1) is 0 Å². The molecular formula is C29H49N3O4S. The topological polar surface area (TPSA) is 87.7 Å². The molecule has 3 amide bonds. The Morgan fingerprint density at radius 2 is 1.70 bits per heavy atom. The van der Waals surface area contributed by atoms with Crippen LogP contribution in [0.25, 0.3) is 0 Å². The zero-order chi connectivity index (χ0) is 28.3. The summed E-state index contributed by atoms with van der Waals surface area (Å²) >= 11 is 1.60. The predicted molar refractivity (Wildman–Crippen MR) is 154 cm³/mol. The predicted octanol–water partition coefficient (Wildman–Crippen LogP) is 5.92. The second-order valence-electron chi connectivity index (χ2n) is 10.9. The fraction of sp³-hybridized carbons (Fsp3) is 0.690. The Morgan fingerprint density at radius 1 is 1.05 bits per heavy atom. The molecular weight excluding hydrogens is 486 g/mol. The molecule has 8 heteroatoms. The van der Waals surface area contributed by atoms with Gasteiger partial charge in [0.2, 0.25) is 11.8 Å². The van der Waals surface area contributed by atoms with Crippen LogP contribution in [0, 0.1) is 13.8 Å². The number of hydrogen-bond donors (Lipinski definition) is 2. The number of carbonyl (C=O) groups excluding carboxylic acids is 3. The van der Waals surface area contributed by atoms with Gasteiger partial charge in [-0.3, -0.25) is 9.59 Å². The molecule has 0 saturated carbocycles. The normalized spacial score (nSPS) is 14.8. The summed E-state index contributed by atoms with van der Waals surface area (Å²) < 4.78 is 5.46. The first-order valence-corrected chi connectivity index (χ1v) is 14.8. The number of hydrogen-bond acceptors (Lipinski definition) is 5. The third-order valence-corrected chi connectivity index (χ3v) is 6.93. The molecule has 0 aliphatic carbocycles. The number of thioether (sulfide) groups is 1. The van der Waals surface area contributed by atoms with Crippen molar-refractivity contribution in [1.29, 1.82) is 0 Å². The van der Waals surface area contributed by atoms with Crippen LogP contribution in [0.3, 0.4) is 0 Å². The van der Waals surface area contributed by atoms with E-state index in [1.54, 1.807) is 37.4 Å². The maximum atomic E-state index is 14.2. The van der Waals surface area contributed by atoms with Gasteiger partial charge < -0.3 is 20.3 Å². The summed E-state index contributed by atoms with van der Waals surface area (Å²) in [5.41, 5.74) is 2.07. The van der Waals surface area contributed by atoms with Gasteiger partial charge in [0.15, 0.2) is 0 Å². The van der Waals surface area contributed by atoms with Crippen LogP contribution in [-0.4, -0.2) is 58.5 Å². The Balaban J connectivity index is 3.59. The van der Waals surface area contributed by atoms with Crippen LogP contribution in [0.4, 0.5) is 4.79 Å². The van der Waals surface area contributed by atoms with E-state index in [1.807, 2.05) is 59.1 Å². The highest BCUT2D eigenvalue weighted by Gasteiger charge is 2.39. The van der Waals surface area contributed by atoms with Crippen molar-refractivity contribution in [2.75, 3.05) is 12.0 Å². The van der Waals surface area contributed by atoms with Gasteiger partial charge >= 0.3 is 6.09 Å². The number of amides is 3. The first kappa shape index (κ1) is 32.8. The molecule has 1 aromatic rings. The summed E-state index contributed by atoms with van der Waals surface area (Å²) in [6.07, 6.45) is 4.20. The lowest BCUT2D eigenvalue weighted by Crippen LogP contribution is -2.56. The van der Waals surface area contributed by atoms with E-state index < -0.39 is 23.8 Å². The number of carbonyl (C=O) groups is 3. The van der Waals surface area contributed by atoms with Crippen LogP contribution in [0.1, 0.15) is 96.9 Å². The molecule has 4 unspecified atom stereocenters. The molecule has 0 saturated heterocycles. The Hall–Kier alpha value is -2.22. The van der Waals surface area contributed by atoms with E-state index in [1.165, 1.54) is 0 Å². The molecule has 0 spiro atoms. The highest BCUT2D eigenvalue weighted by Crippen LogP contribution is 2.30. The first-order chi connectivity index (χ1) is 17.2. The maximum absolute atomic E-state index is 14.2. The highest BCUT2D eigenvalue weighted by atomic mass is 32.2. The Bertz CT molecular complexity index is 900. The fourth-order valence-electron chi connectivity index (χ4n) is 4.22. The molecule has 1 aromatic carbocycles. The van der Waals surface area contributed by atoms with Crippen molar-refractivity contribution in [3.8, 4) is 0 Å². The molecule has 210 valence electrons. The van der Waals surface area contributed by atoms with E-state index in [2.05, 4.69) is 17.6 Å². The van der Waals surface area contributed by atoms with E-state index in [-0.39, 0.29) is 23.9 Å². The monoisotopic (exact) mass is 535 g/mol. The van der Waals surface area contributed by atoms with Crippen molar-refractivity contribution in [2.24, 2.45) is 0 Å². The van der Waals surface area contributed by atoms with Gasteiger partial charge in [-0.05, 0) is 90.9 Å². The summed E-state index contributed by atoms with van der Waals surface area (Å²) in [6, 6.07) is 4.10. The maximum Gasteiger partial charge on any atom is 0.408 e. The Morgan fingerprint density at radius 3 is 2.24 bits per heavy atom. The second-order valence-corrected chi connectivity index (χ2v) is 11.9. The Labute approximate surface area is 228 Å². The molecule has 0 aliphatic heterocycles. The highest BCUT2D eigenvalue weighted by molar-refractivity contribution is 7.98. The van der Waals surface area contributed by atoms with Gasteiger partial charge in [-0.2, -0.15) is 11.8 Å². The summed E-state index contributed by atoms with van der Waals surface area (Å²) in [5.74, 6) is 0.191. The summed E-state index contributed by atoms with van der Waals surface area (Å²) in [7, 11) is 0. The lowest BCUT2D eigenvalue weighted by Gasteiger charge is -2.39. The number of rotatable bonds is 13. The molecule has 1 rings (SSSR count). The van der Waals surface area contributed by atoms with Gasteiger partial charge in [0.25, 0.3) is 0 Å². The molecule has 37 heavy (non-hydrogen) atoms. The average molecular weight is 536 g/mol. The lowest BCUT2D eigenvalue weighted by molar-refractivity contribution is -0.145. The number of benzene rings is 1. The van der Waals surface area contributed by atoms with E-state index in [4.69, 9.17) is 4.74 Å².